The van der Waals surface area contributed by atoms with Crippen molar-refractivity contribution >= 4 is 33.6 Å². The Morgan fingerprint density at radius 3 is 2.72 bits per heavy atom. The summed E-state index contributed by atoms with van der Waals surface area (Å²) in [6.45, 7) is 0.405. The molecule has 0 saturated heterocycles. The quantitative estimate of drug-likeness (QED) is 0.297. The van der Waals surface area contributed by atoms with Crippen molar-refractivity contribution in [2.45, 2.75) is 6.61 Å². The summed E-state index contributed by atoms with van der Waals surface area (Å²) in [5.41, 5.74) is 4.19. The summed E-state index contributed by atoms with van der Waals surface area (Å²) < 4.78 is 12.2. The average molecular weight is 457 g/mol. The minimum Gasteiger partial charge on any atom is -0.493 e. The molecule has 3 aromatic rings. The van der Waals surface area contributed by atoms with Crippen LogP contribution in [0.4, 0.5) is 11.5 Å². The van der Waals surface area contributed by atoms with E-state index in [4.69, 9.17) is 9.47 Å². The molecule has 0 aliphatic carbocycles. The third kappa shape index (κ3) is 5.52. The summed E-state index contributed by atoms with van der Waals surface area (Å²) in [4.78, 5) is 14.4. The normalized spacial score (nSPS) is 10.7. The van der Waals surface area contributed by atoms with Crippen LogP contribution in [0.3, 0.4) is 0 Å². The molecule has 29 heavy (non-hydrogen) atoms. The summed E-state index contributed by atoms with van der Waals surface area (Å²) in [7, 11) is 1.55. The van der Waals surface area contributed by atoms with E-state index < -0.39 is 4.92 Å². The first-order valence-electron chi connectivity index (χ1n) is 8.50. The minimum atomic E-state index is -0.522. The van der Waals surface area contributed by atoms with Crippen LogP contribution in [0.25, 0.3) is 0 Å². The number of hydrogen-bond acceptors (Lipinski definition) is 7. The lowest BCUT2D eigenvalue weighted by atomic mass is 10.2. The van der Waals surface area contributed by atoms with Crippen LogP contribution in [0.15, 0.2) is 70.4 Å². The zero-order valence-corrected chi connectivity index (χ0v) is 17.0. The molecule has 8 nitrogen and oxygen atoms in total. The van der Waals surface area contributed by atoms with Crippen LogP contribution in [0.1, 0.15) is 11.1 Å². The third-order valence-electron chi connectivity index (χ3n) is 3.86. The Balaban J connectivity index is 1.67. The summed E-state index contributed by atoms with van der Waals surface area (Å²) in [6.07, 6.45) is 2.96. The second-order valence-corrected chi connectivity index (χ2v) is 6.74. The molecular formula is C20H17BrN4O4. The van der Waals surface area contributed by atoms with E-state index in [9.17, 15) is 10.1 Å². The molecule has 9 heteroatoms. The number of benzene rings is 2. The molecular weight excluding hydrogens is 440 g/mol. The Hall–Kier alpha value is -3.46. The third-order valence-corrected chi connectivity index (χ3v) is 4.39. The van der Waals surface area contributed by atoms with Gasteiger partial charge in [0.2, 0.25) is 5.82 Å². The van der Waals surface area contributed by atoms with Crippen LogP contribution in [0.2, 0.25) is 0 Å². The van der Waals surface area contributed by atoms with Gasteiger partial charge in [0.15, 0.2) is 11.5 Å². The van der Waals surface area contributed by atoms with Crippen molar-refractivity contribution in [3.05, 3.63) is 86.5 Å². The monoisotopic (exact) mass is 456 g/mol. The lowest BCUT2D eigenvalue weighted by Crippen LogP contribution is -2.00. The maximum atomic E-state index is 11.0. The molecule has 1 N–H and O–H groups in total. The molecule has 0 aliphatic rings. The highest BCUT2D eigenvalue weighted by atomic mass is 79.9. The van der Waals surface area contributed by atoms with Crippen molar-refractivity contribution in [1.82, 2.24) is 4.98 Å². The number of methoxy groups -OCH3 is 1. The molecule has 0 saturated carbocycles. The predicted octanol–water partition coefficient (Wildman–Crippen LogP) is 4.79. The number of nitro groups is 1. The second kappa shape index (κ2) is 9.65. The van der Waals surface area contributed by atoms with Crippen molar-refractivity contribution < 1.29 is 14.4 Å². The molecule has 0 unspecified atom stereocenters. The van der Waals surface area contributed by atoms with Gasteiger partial charge in [-0.05, 0) is 47.5 Å². The van der Waals surface area contributed by atoms with Crippen LogP contribution < -0.4 is 14.9 Å². The Morgan fingerprint density at radius 2 is 2.00 bits per heavy atom. The SMILES string of the molecule is COc1cc(/C=N\Nc2ncccc2[N+](=O)[O-])ccc1OCc1ccc(Br)cc1. The second-order valence-electron chi connectivity index (χ2n) is 5.82. The predicted molar refractivity (Wildman–Crippen MR) is 114 cm³/mol. The molecule has 0 radical (unpaired) electrons. The number of nitrogens with zero attached hydrogens (tertiary/aromatic N) is 3. The molecule has 2 aromatic carbocycles. The van der Waals surface area contributed by atoms with E-state index in [0.29, 0.717) is 18.1 Å². The molecule has 3 rings (SSSR count). The summed E-state index contributed by atoms with van der Waals surface area (Å²) in [6, 6.07) is 16.0. The Kier molecular flexibility index (Phi) is 6.75. The Bertz CT molecular complexity index is 1030. The largest absolute Gasteiger partial charge is 0.493 e. The highest BCUT2D eigenvalue weighted by Gasteiger charge is 2.13. The first kappa shape index (κ1) is 20.3. The molecule has 148 valence electrons. The van der Waals surface area contributed by atoms with E-state index in [1.165, 1.54) is 24.5 Å². The molecule has 0 aliphatic heterocycles. The van der Waals surface area contributed by atoms with Gasteiger partial charge >= 0.3 is 5.69 Å². The fourth-order valence-electron chi connectivity index (χ4n) is 2.42. The highest BCUT2D eigenvalue weighted by molar-refractivity contribution is 9.10. The van der Waals surface area contributed by atoms with E-state index in [0.717, 1.165) is 15.6 Å². The standard InChI is InChI=1S/C20H17BrN4O4/c1-28-19-11-15(12-23-24-20-17(25(26)27)3-2-10-22-20)6-9-18(19)29-13-14-4-7-16(21)8-5-14/h2-12H,13H2,1H3,(H,22,24)/b23-12-. The Labute approximate surface area is 175 Å². The Morgan fingerprint density at radius 1 is 1.21 bits per heavy atom. The number of anilines is 1. The van der Waals surface area contributed by atoms with Gasteiger partial charge in [0.25, 0.3) is 0 Å². The van der Waals surface area contributed by atoms with Gasteiger partial charge in [0.1, 0.15) is 6.61 Å². The van der Waals surface area contributed by atoms with Crippen LogP contribution in [0.5, 0.6) is 11.5 Å². The molecule has 0 fully saturated rings. The number of halogens is 1. The number of hydrogen-bond donors (Lipinski definition) is 1. The zero-order valence-electron chi connectivity index (χ0n) is 15.4. The van der Waals surface area contributed by atoms with Crippen molar-refractivity contribution in [2.75, 3.05) is 12.5 Å². The van der Waals surface area contributed by atoms with Crippen molar-refractivity contribution in [2.24, 2.45) is 5.10 Å². The van der Waals surface area contributed by atoms with Gasteiger partial charge in [-0.3, -0.25) is 15.5 Å². The topological polar surface area (TPSA) is 98.9 Å². The number of nitrogens with one attached hydrogen (secondary N) is 1. The number of ether oxygens (including phenoxy) is 2. The van der Waals surface area contributed by atoms with Gasteiger partial charge in [-0.2, -0.15) is 5.10 Å². The van der Waals surface area contributed by atoms with Crippen LogP contribution >= 0.6 is 15.9 Å². The van der Waals surface area contributed by atoms with Gasteiger partial charge in [-0.1, -0.05) is 28.1 Å². The summed E-state index contributed by atoms with van der Waals surface area (Å²) in [5, 5.41) is 15.0. The smallest absolute Gasteiger partial charge is 0.313 e. The fraction of sp³-hybridized carbons (Fsp3) is 0.100. The van der Waals surface area contributed by atoms with E-state index in [2.05, 4.69) is 31.4 Å². The molecule has 1 heterocycles. The molecule has 0 amide bonds. The van der Waals surface area contributed by atoms with Crippen LogP contribution in [0, 0.1) is 10.1 Å². The van der Waals surface area contributed by atoms with Gasteiger partial charge in [-0.15, -0.1) is 0 Å². The summed E-state index contributed by atoms with van der Waals surface area (Å²) >= 11 is 3.40. The number of aromatic nitrogens is 1. The first-order chi connectivity index (χ1) is 14.1. The maximum Gasteiger partial charge on any atom is 0.313 e. The number of hydrazone groups is 1. The van der Waals surface area contributed by atoms with Crippen LogP contribution in [-0.4, -0.2) is 23.2 Å². The van der Waals surface area contributed by atoms with E-state index in [-0.39, 0.29) is 11.5 Å². The van der Waals surface area contributed by atoms with Crippen molar-refractivity contribution in [3.63, 3.8) is 0 Å². The highest BCUT2D eigenvalue weighted by Crippen LogP contribution is 2.28. The first-order valence-corrected chi connectivity index (χ1v) is 9.30. The van der Waals surface area contributed by atoms with Crippen LogP contribution in [-0.2, 0) is 6.61 Å². The van der Waals surface area contributed by atoms with Gasteiger partial charge in [0, 0.05) is 16.7 Å². The molecule has 0 spiro atoms. The fourth-order valence-corrected chi connectivity index (χ4v) is 2.69. The van der Waals surface area contributed by atoms with E-state index >= 15 is 0 Å². The molecule has 1 aromatic heterocycles. The lowest BCUT2D eigenvalue weighted by Gasteiger charge is -2.11. The van der Waals surface area contributed by atoms with E-state index in [1.807, 2.05) is 24.3 Å². The van der Waals surface area contributed by atoms with E-state index in [1.54, 1.807) is 25.3 Å². The minimum absolute atomic E-state index is 0.0650. The molecule has 0 bridgehead atoms. The summed E-state index contributed by atoms with van der Waals surface area (Å²) in [5.74, 6) is 1.21. The lowest BCUT2D eigenvalue weighted by molar-refractivity contribution is -0.384. The van der Waals surface area contributed by atoms with Crippen molar-refractivity contribution in [3.8, 4) is 11.5 Å². The number of rotatable bonds is 8. The molecule has 0 atom stereocenters. The number of pyridine rings is 1. The van der Waals surface area contributed by atoms with Crippen molar-refractivity contribution in [1.29, 1.82) is 0 Å². The van der Waals surface area contributed by atoms with Gasteiger partial charge < -0.3 is 9.47 Å². The maximum absolute atomic E-state index is 11.0. The average Bonchev–Trinajstić information content (AvgIpc) is 2.74. The van der Waals surface area contributed by atoms with Gasteiger partial charge in [-0.25, -0.2) is 4.98 Å². The van der Waals surface area contributed by atoms with Gasteiger partial charge in [0.05, 0.1) is 18.2 Å². The zero-order chi connectivity index (χ0) is 20.6.